The summed E-state index contributed by atoms with van der Waals surface area (Å²) in [5, 5.41) is 23.4. The first-order chi connectivity index (χ1) is 45.9. The van der Waals surface area contributed by atoms with Crippen LogP contribution in [0.1, 0.15) is 192 Å². The zero-order valence-electron chi connectivity index (χ0n) is 59.8. The molecule has 2 unspecified atom stereocenters. The predicted octanol–water partition coefficient (Wildman–Crippen LogP) is 1.25. The molecule has 548 valence electrons. The fourth-order valence-corrected chi connectivity index (χ4v) is 10.9. The summed E-state index contributed by atoms with van der Waals surface area (Å²) in [6.45, 7) is 19.1. The van der Waals surface area contributed by atoms with Crippen molar-refractivity contribution in [1.29, 1.82) is 0 Å². The molecule has 11 atom stereocenters. The number of Topliss-reactive ketones (excluding diaryl/α,β-unsaturated/α-hetero) is 7. The van der Waals surface area contributed by atoms with Gasteiger partial charge in [0.1, 0.15) is 23.4 Å². The van der Waals surface area contributed by atoms with Gasteiger partial charge in [0.25, 0.3) is 0 Å². The van der Waals surface area contributed by atoms with Gasteiger partial charge in [-0.25, -0.2) is 10.9 Å². The maximum absolute atomic E-state index is 14.7. The van der Waals surface area contributed by atoms with Crippen LogP contribution in [0.15, 0.2) is 42.6 Å². The molecule has 7 amide bonds. The van der Waals surface area contributed by atoms with Crippen molar-refractivity contribution in [1.82, 2.24) is 58.4 Å². The second kappa shape index (κ2) is 42.2. The number of H-pyrrole nitrogens is 1. The van der Waals surface area contributed by atoms with Crippen molar-refractivity contribution in [3.8, 4) is 0 Å². The van der Waals surface area contributed by atoms with Crippen LogP contribution in [0.25, 0.3) is 10.9 Å². The van der Waals surface area contributed by atoms with E-state index in [0.717, 1.165) is 55.0 Å². The number of allylic oxidation sites excluding steroid dienone is 2. The monoisotopic (exact) mass is 1380 g/mol. The first-order valence-electron chi connectivity index (χ1n) is 34.0. The predicted molar refractivity (Wildman–Crippen MR) is 372 cm³/mol. The fraction of sp³-hybridized carbons (Fsp3) is 0.652. The van der Waals surface area contributed by atoms with Crippen LogP contribution >= 0.6 is 0 Å². The van der Waals surface area contributed by atoms with Gasteiger partial charge in [0.15, 0.2) is 11.6 Å². The number of nitrogens with one attached hydrogen (secondary N) is 11. The van der Waals surface area contributed by atoms with E-state index in [9.17, 15) is 67.1 Å². The number of rotatable bonds is 26. The third-order valence-corrected chi connectivity index (χ3v) is 17.6. The minimum Gasteiger partial charge on any atom is -0.370 e. The molecule has 1 aliphatic heterocycles. The lowest BCUT2D eigenvalue weighted by Gasteiger charge is -2.33. The minimum absolute atomic E-state index is 0.0424. The van der Waals surface area contributed by atoms with Gasteiger partial charge >= 0.3 is 0 Å². The third kappa shape index (κ3) is 29.0. The molecule has 0 bridgehead atoms. The number of aromatic nitrogens is 1. The number of aromatic amines is 1. The van der Waals surface area contributed by atoms with Crippen LogP contribution in [0, 0.1) is 17.8 Å². The number of benzene rings is 1. The number of hydrogen-bond acceptors (Lipinski definition) is 21. The molecule has 2 heterocycles. The molecule has 2 aromatic rings. The highest BCUT2D eigenvalue weighted by Gasteiger charge is 2.41. The van der Waals surface area contributed by atoms with E-state index in [4.69, 9.17) is 11.5 Å². The molecular formula is C69H113N15O14. The highest BCUT2D eigenvalue weighted by Crippen LogP contribution is 2.23. The van der Waals surface area contributed by atoms with Crippen molar-refractivity contribution in [3.05, 3.63) is 48.2 Å². The number of carbonyl (C=O) groups excluding carboxylic acids is 14. The van der Waals surface area contributed by atoms with Gasteiger partial charge in [0, 0.05) is 42.4 Å². The Morgan fingerprint density at radius 3 is 1.89 bits per heavy atom. The molecule has 1 aromatic carbocycles. The maximum atomic E-state index is 14.7. The molecule has 1 aliphatic rings. The minimum atomic E-state index is -1.67. The smallest absolute Gasteiger partial charge is 0.246 e. The SMILES string of the molecule is CC(=O)CN[C@]1(C)CCCCCCCC/C=C/CCC[C@@](C)(C(=O)N[C@@H](C)C(=O)NC(C)C(=O)N[C@@H](C)C(=O)C(=O)[C@H](C)NNC(C)(C)C(=O)C[C@H](C)C(N)=O)NC(=O)[C@H](CC(C)C)CN[C@@H](CCC(N)=O)C(=O)C(=O)C(C)NC(=O)[C@H](Cc2c[nH]c3ccccc23)NCC1=O.NN. The van der Waals surface area contributed by atoms with Crippen LogP contribution in [0.5, 0.6) is 0 Å². The van der Waals surface area contributed by atoms with E-state index >= 15 is 0 Å². The Hall–Kier alpha value is -7.80. The Bertz CT molecular complexity index is 3110. The molecule has 3 rings (SSSR count). The highest BCUT2D eigenvalue weighted by molar-refractivity contribution is 6.41. The van der Waals surface area contributed by atoms with Gasteiger partial charge in [-0.05, 0) is 145 Å². The molecule has 0 saturated heterocycles. The molecule has 0 saturated carbocycles. The number of amides is 7. The van der Waals surface area contributed by atoms with Gasteiger partial charge in [-0.2, -0.15) is 0 Å². The Morgan fingerprint density at radius 2 is 1.28 bits per heavy atom. The number of ketones is 7. The van der Waals surface area contributed by atoms with Crippen LogP contribution in [0.3, 0.4) is 0 Å². The van der Waals surface area contributed by atoms with Crippen molar-refractivity contribution in [2.45, 2.75) is 252 Å². The number of hydrogen-bond donors (Lipinski definition) is 15. The van der Waals surface area contributed by atoms with E-state index in [2.05, 4.69) is 76.1 Å². The number of carbonyl (C=O) groups is 14. The summed E-state index contributed by atoms with van der Waals surface area (Å²) in [6, 6.07) is -1.57. The lowest BCUT2D eigenvalue weighted by molar-refractivity contribution is -0.140. The van der Waals surface area contributed by atoms with Crippen LogP contribution in [0.2, 0.25) is 0 Å². The summed E-state index contributed by atoms with van der Waals surface area (Å²) in [5.74, 6) is -3.74. The number of para-hydroxylation sites is 1. The van der Waals surface area contributed by atoms with Gasteiger partial charge in [0.2, 0.25) is 64.5 Å². The van der Waals surface area contributed by atoms with E-state index in [1.165, 1.54) is 69.2 Å². The summed E-state index contributed by atoms with van der Waals surface area (Å²) < 4.78 is 0. The summed E-state index contributed by atoms with van der Waals surface area (Å²) in [7, 11) is 0. The van der Waals surface area contributed by atoms with Gasteiger partial charge in [-0.1, -0.05) is 83.2 Å². The van der Waals surface area contributed by atoms with Crippen molar-refractivity contribution >= 4 is 92.7 Å². The third-order valence-electron chi connectivity index (χ3n) is 17.6. The van der Waals surface area contributed by atoms with Gasteiger partial charge in [0.05, 0.1) is 60.3 Å². The summed E-state index contributed by atoms with van der Waals surface area (Å²) in [5.41, 5.74) is 13.7. The van der Waals surface area contributed by atoms with Gasteiger partial charge in [-0.3, -0.25) is 89.4 Å². The summed E-state index contributed by atoms with van der Waals surface area (Å²) >= 11 is 0. The van der Waals surface area contributed by atoms with Gasteiger partial charge in [-0.15, -0.1) is 0 Å². The number of primary amides is 2. The zero-order valence-corrected chi connectivity index (χ0v) is 59.8. The summed E-state index contributed by atoms with van der Waals surface area (Å²) in [4.78, 5) is 192. The Labute approximate surface area is 576 Å². The number of fused-ring (bicyclic) bond motifs is 1. The zero-order chi connectivity index (χ0) is 74.3. The molecule has 0 radical (unpaired) electrons. The standard InChI is InChI=1S/C69H109N13O14.H4N2/c1-40(2)33-49-38-73-52(29-30-56(70)86)60(90)58(88)44(6)77-65(95)53(35-48-37-72-51-28-24-23-27-50(48)51)74-39-55(85)68(12,75-36-42(4)83)31-25-21-19-17-15-14-16-18-20-22-26-32-69(13,80-64(49)94)66(96)79-47(9)63(93)78-46(8)62(92)76-43(5)57(87)59(89)45(7)81-82-67(10,11)54(84)34-41(3)61(71)91;1-2/h18,20,23-24,27-28,37,40-41,43-47,49,52-53,72-75,81-82H,14-17,19,21-22,25-26,29-36,38-39H2,1-13H3,(H2,70,86)(H2,71,91)(H,76,92)(H,77,95)(H,78,93)(H,79,96)(H,80,94);1-2H2/b20-18+;/t41-,43-,44?,45-,46?,47-,49+,52-,53-,68+,69-;/m0./s1. The molecule has 0 aliphatic carbocycles. The highest BCUT2D eigenvalue weighted by atomic mass is 16.2. The van der Waals surface area contributed by atoms with Crippen LogP contribution in [-0.4, -0.2) is 165 Å². The van der Waals surface area contributed by atoms with Crippen molar-refractivity contribution in [2.75, 3.05) is 19.6 Å². The molecule has 98 heavy (non-hydrogen) atoms. The van der Waals surface area contributed by atoms with E-state index in [0.29, 0.717) is 25.7 Å². The van der Waals surface area contributed by atoms with Crippen molar-refractivity contribution in [2.24, 2.45) is 40.9 Å². The second-order valence-electron chi connectivity index (χ2n) is 27.3. The van der Waals surface area contributed by atoms with E-state index in [-0.39, 0.29) is 81.4 Å². The number of hydrazine groups is 2. The van der Waals surface area contributed by atoms with Crippen molar-refractivity contribution in [3.63, 3.8) is 0 Å². The number of nitrogens with two attached hydrogens (primary N) is 4. The first kappa shape index (κ1) is 86.3. The van der Waals surface area contributed by atoms with E-state index < -0.39 is 135 Å². The maximum Gasteiger partial charge on any atom is 0.246 e. The Balaban J connectivity index is 0.0000162. The molecule has 0 spiro atoms. The molecule has 1 aromatic heterocycles. The molecule has 19 N–H and O–H groups in total. The van der Waals surface area contributed by atoms with Crippen molar-refractivity contribution < 1.29 is 67.1 Å². The molecular weight excluding hydrogens is 1260 g/mol. The van der Waals surface area contributed by atoms with Crippen LogP contribution < -0.4 is 76.5 Å². The van der Waals surface area contributed by atoms with E-state index in [1.54, 1.807) is 13.1 Å². The first-order valence-corrected chi connectivity index (χ1v) is 34.0. The average Bonchev–Trinajstić information content (AvgIpc) is 1.53. The van der Waals surface area contributed by atoms with Gasteiger partial charge < -0.3 is 48.4 Å². The molecule has 29 nitrogen and oxygen atoms in total. The largest absolute Gasteiger partial charge is 0.370 e. The summed E-state index contributed by atoms with van der Waals surface area (Å²) in [6.07, 6.45) is 12.7. The Morgan fingerprint density at radius 1 is 0.694 bits per heavy atom. The lowest BCUT2D eigenvalue weighted by atomic mass is 9.88. The molecule has 29 heteroatoms. The average molecular weight is 1380 g/mol. The second-order valence-corrected chi connectivity index (χ2v) is 27.3. The van der Waals surface area contributed by atoms with Crippen LogP contribution in [-0.2, 0) is 73.5 Å². The normalized spacial score (nSPS) is 23.2. The Kier molecular flexibility index (Phi) is 37.2. The lowest BCUT2D eigenvalue weighted by Crippen LogP contribution is -2.62. The van der Waals surface area contributed by atoms with Crippen LogP contribution in [0.4, 0.5) is 0 Å². The molecule has 0 fully saturated rings. The quantitative estimate of drug-likeness (QED) is 0.0273. The topological polar surface area (TPSA) is 479 Å². The fourth-order valence-electron chi connectivity index (χ4n) is 10.9. The van der Waals surface area contributed by atoms with E-state index in [1.807, 2.05) is 44.2 Å².